The maximum absolute atomic E-state index is 12.9. The molecular weight excluding hydrogens is 277 g/mol. The number of hydrogen-bond donors (Lipinski definition) is 0. The van der Waals surface area contributed by atoms with Gasteiger partial charge in [0.05, 0.1) is 12.2 Å². The molecule has 110 valence electrons. The number of aldehydes is 1. The Morgan fingerprint density at radius 3 is 2.55 bits per heavy atom. The smallest absolute Gasteiger partial charge is 0.419 e. The van der Waals surface area contributed by atoms with Crippen molar-refractivity contribution in [1.82, 2.24) is 0 Å². The summed E-state index contributed by atoms with van der Waals surface area (Å²) in [6.07, 6.45) is -5.57. The summed E-state index contributed by atoms with van der Waals surface area (Å²) in [6.45, 7) is 2.96. The Labute approximate surface area is 113 Å². The van der Waals surface area contributed by atoms with Crippen LogP contribution in [-0.2, 0) is 15.7 Å². The molecule has 0 saturated carbocycles. The molecular formula is C13H13F3O4. The van der Waals surface area contributed by atoms with Crippen molar-refractivity contribution in [2.24, 2.45) is 0 Å². The van der Waals surface area contributed by atoms with Gasteiger partial charge in [0, 0.05) is 5.56 Å². The summed E-state index contributed by atoms with van der Waals surface area (Å²) in [5.41, 5.74) is -1.24. The fourth-order valence-electron chi connectivity index (χ4n) is 1.44. The molecule has 20 heavy (non-hydrogen) atoms. The normalized spacial score (nSPS) is 12.7. The number of alkyl halides is 3. The van der Waals surface area contributed by atoms with Gasteiger partial charge in [-0.05, 0) is 32.0 Å². The predicted octanol–water partition coefficient (Wildman–Crippen LogP) is 2.85. The van der Waals surface area contributed by atoms with E-state index in [1.54, 1.807) is 6.92 Å². The van der Waals surface area contributed by atoms with Crippen LogP contribution < -0.4 is 4.74 Å². The van der Waals surface area contributed by atoms with Crippen molar-refractivity contribution in [2.75, 3.05) is 6.61 Å². The topological polar surface area (TPSA) is 52.6 Å². The number of rotatable bonds is 5. The average molecular weight is 290 g/mol. The minimum absolute atomic E-state index is 0.0999. The van der Waals surface area contributed by atoms with Crippen molar-refractivity contribution in [1.29, 1.82) is 0 Å². The number of ether oxygens (including phenoxy) is 2. The molecule has 0 aliphatic heterocycles. The van der Waals surface area contributed by atoms with E-state index in [2.05, 4.69) is 4.74 Å². The molecule has 1 rings (SSSR count). The van der Waals surface area contributed by atoms with E-state index in [1.807, 2.05) is 0 Å². The van der Waals surface area contributed by atoms with Gasteiger partial charge in [-0.15, -0.1) is 0 Å². The van der Waals surface area contributed by atoms with Gasteiger partial charge < -0.3 is 9.47 Å². The molecule has 0 radical (unpaired) electrons. The zero-order valence-corrected chi connectivity index (χ0v) is 10.9. The number of halogens is 3. The molecule has 1 unspecified atom stereocenters. The van der Waals surface area contributed by atoms with Gasteiger partial charge in [0.1, 0.15) is 12.0 Å². The zero-order valence-electron chi connectivity index (χ0n) is 10.9. The quantitative estimate of drug-likeness (QED) is 0.618. The molecule has 0 aliphatic carbocycles. The van der Waals surface area contributed by atoms with Crippen LogP contribution in [0, 0.1) is 0 Å². The molecule has 1 aromatic carbocycles. The first-order valence-corrected chi connectivity index (χ1v) is 5.79. The minimum atomic E-state index is -4.69. The highest BCUT2D eigenvalue weighted by molar-refractivity contribution is 5.76. The van der Waals surface area contributed by atoms with Crippen LogP contribution >= 0.6 is 0 Å². The summed E-state index contributed by atoms with van der Waals surface area (Å²) in [6, 6.07) is 2.85. The second-order valence-electron chi connectivity index (χ2n) is 3.88. The second-order valence-corrected chi connectivity index (χ2v) is 3.88. The van der Waals surface area contributed by atoms with Gasteiger partial charge in [0.2, 0.25) is 0 Å². The Morgan fingerprint density at radius 1 is 1.40 bits per heavy atom. The van der Waals surface area contributed by atoms with Crippen LogP contribution in [0.5, 0.6) is 5.75 Å². The van der Waals surface area contributed by atoms with Gasteiger partial charge in [-0.25, -0.2) is 4.79 Å². The van der Waals surface area contributed by atoms with Crippen LogP contribution in [0.15, 0.2) is 18.2 Å². The van der Waals surface area contributed by atoms with E-state index < -0.39 is 29.6 Å². The number of esters is 1. The van der Waals surface area contributed by atoms with E-state index in [1.165, 1.54) is 13.0 Å². The molecule has 1 atom stereocenters. The van der Waals surface area contributed by atoms with E-state index in [0.717, 1.165) is 6.07 Å². The van der Waals surface area contributed by atoms with E-state index in [9.17, 15) is 22.8 Å². The Kier molecular flexibility index (Phi) is 5.12. The lowest BCUT2D eigenvalue weighted by Crippen LogP contribution is -2.27. The zero-order chi connectivity index (χ0) is 15.3. The highest BCUT2D eigenvalue weighted by Gasteiger charge is 2.35. The van der Waals surface area contributed by atoms with Crippen LogP contribution in [0.2, 0.25) is 0 Å². The molecule has 1 aromatic rings. The van der Waals surface area contributed by atoms with E-state index in [4.69, 9.17) is 4.74 Å². The molecule has 0 bridgehead atoms. The summed E-state index contributed by atoms with van der Waals surface area (Å²) < 4.78 is 48.2. The average Bonchev–Trinajstić information content (AvgIpc) is 2.38. The molecule has 4 nitrogen and oxygen atoms in total. The van der Waals surface area contributed by atoms with Crippen molar-refractivity contribution in [2.45, 2.75) is 26.1 Å². The summed E-state index contributed by atoms with van der Waals surface area (Å²) in [5, 5.41) is 0. The van der Waals surface area contributed by atoms with Crippen molar-refractivity contribution in [3.63, 3.8) is 0 Å². The summed E-state index contributed by atoms with van der Waals surface area (Å²) in [5.74, 6) is -1.29. The summed E-state index contributed by atoms with van der Waals surface area (Å²) in [4.78, 5) is 21.9. The van der Waals surface area contributed by atoms with Gasteiger partial charge >= 0.3 is 12.1 Å². The molecule has 0 heterocycles. The molecule has 0 aliphatic rings. The first-order valence-electron chi connectivity index (χ1n) is 5.79. The van der Waals surface area contributed by atoms with Gasteiger partial charge in [-0.1, -0.05) is 0 Å². The highest BCUT2D eigenvalue weighted by Crippen LogP contribution is 2.37. The number of carbonyl (C=O) groups is 2. The standard InChI is InChI=1S/C13H13F3O4/c1-3-19-12(18)8(2)20-11-5-4-9(7-17)6-10(11)13(14,15)16/h4-8H,3H2,1-2H3. The third-order valence-electron chi connectivity index (χ3n) is 2.37. The fourth-order valence-corrected chi connectivity index (χ4v) is 1.44. The predicted molar refractivity (Wildman–Crippen MR) is 63.6 cm³/mol. The monoisotopic (exact) mass is 290 g/mol. The van der Waals surface area contributed by atoms with Crippen molar-refractivity contribution in [3.8, 4) is 5.75 Å². The maximum atomic E-state index is 12.9. The van der Waals surface area contributed by atoms with E-state index in [-0.39, 0.29) is 12.2 Å². The lowest BCUT2D eigenvalue weighted by molar-refractivity contribution is -0.152. The Morgan fingerprint density at radius 2 is 2.05 bits per heavy atom. The largest absolute Gasteiger partial charge is 0.478 e. The molecule has 0 saturated heterocycles. The molecule has 0 spiro atoms. The van der Waals surface area contributed by atoms with Crippen molar-refractivity contribution >= 4 is 12.3 Å². The number of hydrogen-bond acceptors (Lipinski definition) is 4. The summed E-state index contributed by atoms with van der Waals surface area (Å²) >= 11 is 0. The molecule has 0 aromatic heterocycles. The van der Waals surface area contributed by atoms with Crippen molar-refractivity contribution in [3.05, 3.63) is 29.3 Å². The fraction of sp³-hybridized carbons (Fsp3) is 0.385. The third kappa shape index (κ3) is 3.97. The minimum Gasteiger partial charge on any atom is -0.478 e. The van der Waals surface area contributed by atoms with E-state index >= 15 is 0 Å². The molecule has 0 amide bonds. The van der Waals surface area contributed by atoms with Crippen LogP contribution in [0.25, 0.3) is 0 Å². The molecule has 0 N–H and O–H groups in total. The third-order valence-corrected chi connectivity index (χ3v) is 2.37. The number of benzene rings is 1. The van der Waals surface area contributed by atoms with Gasteiger partial charge in [0.15, 0.2) is 6.10 Å². The highest BCUT2D eigenvalue weighted by atomic mass is 19.4. The molecule has 7 heteroatoms. The van der Waals surface area contributed by atoms with E-state index in [0.29, 0.717) is 12.4 Å². The number of carbonyl (C=O) groups excluding carboxylic acids is 2. The van der Waals surface area contributed by atoms with Gasteiger partial charge in [0.25, 0.3) is 0 Å². The first kappa shape index (κ1) is 16.0. The van der Waals surface area contributed by atoms with Gasteiger partial charge in [-0.3, -0.25) is 4.79 Å². The Bertz CT molecular complexity index is 497. The second kappa shape index (κ2) is 6.40. The Balaban J connectivity index is 3.06. The lowest BCUT2D eigenvalue weighted by Gasteiger charge is -2.18. The van der Waals surface area contributed by atoms with Crippen LogP contribution in [0.1, 0.15) is 29.8 Å². The van der Waals surface area contributed by atoms with Crippen LogP contribution in [0.4, 0.5) is 13.2 Å². The Hall–Kier alpha value is -2.05. The summed E-state index contributed by atoms with van der Waals surface area (Å²) in [7, 11) is 0. The first-order chi connectivity index (χ1) is 9.29. The maximum Gasteiger partial charge on any atom is 0.419 e. The SMILES string of the molecule is CCOC(=O)C(C)Oc1ccc(C=O)cc1C(F)(F)F. The molecule has 0 fully saturated rings. The van der Waals surface area contributed by atoms with Gasteiger partial charge in [-0.2, -0.15) is 13.2 Å². The van der Waals surface area contributed by atoms with Crippen LogP contribution in [-0.4, -0.2) is 25.0 Å². The van der Waals surface area contributed by atoms with Crippen LogP contribution in [0.3, 0.4) is 0 Å². The lowest BCUT2D eigenvalue weighted by atomic mass is 10.1. The van der Waals surface area contributed by atoms with Crippen molar-refractivity contribution < 1.29 is 32.2 Å².